The number of nitrogens with one attached hydrogen (secondary N) is 1. The maximum absolute atomic E-state index is 12.3. The van der Waals surface area contributed by atoms with Crippen LogP contribution in [0.2, 0.25) is 5.02 Å². The van der Waals surface area contributed by atoms with Gasteiger partial charge in [0.05, 0.1) is 23.8 Å². The van der Waals surface area contributed by atoms with Crippen molar-refractivity contribution in [2.75, 3.05) is 12.4 Å². The zero-order valence-electron chi connectivity index (χ0n) is 11.6. The Hall–Kier alpha value is -2.06. The molecular formula is C15H15ClN2O3. The van der Waals surface area contributed by atoms with E-state index in [4.69, 9.17) is 11.6 Å². The summed E-state index contributed by atoms with van der Waals surface area (Å²) >= 11 is 5.92. The van der Waals surface area contributed by atoms with Crippen molar-refractivity contribution in [2.45, 2.75) is 25.7 Å². The van der Waals surface area contributed by atoms with Crippen molar-refractivity contribution in [3.8, 4) is 6.07 Å². The third-order valence-electron chi connectivity index (χ3n) is 3.74. The maximum Gasteiger partial charge on any atom is 0.339 e. The van der Waals surface area contributed by atoms with E-state index in [2.05, 4.69) is 16.1 Å². The van der Waals surface area contributed by atoms with E-state index < -0.39 is 11.4 Å². The minimum atomic E-state index is -0.967. The monoisotopic (exact) mass is 306 g/mol. The molecule has 0 bridgehead atoms. The number of rotatable bonds is 3. The third kappa shape index (κ3) is 3.01. The molecule has 6 heteroatoms. The number of nitrogens with zero attached hydrogens (tertiary/aromatic N) is 1. The van der Waals surface area contributed by atoms with Gasteiger partial charge in [-0.25, -0.2) is 4.79 Å². The highest BCUT2D eigenvalue weighted by Crippen LogP contribution is 2.38. The fourth-order valence-corrected chi connectivity index (χ4v) is 2.68. The highest BCUT2D eigenvalue weighted by atomic mass is 35.5. The van der Waals surface area contributed by atoms with Gasteiger partial charge in [-0.15, -0.1) is 0 Å². The first-order chi connectivity index (χ1) is 10.0. The van der Waals surface area contributed by atoms with Crippen molar-refractivity contribution in [1.82, 2.24) is 0 Å². The van der Waals surface area contributed by atoms with Crippen molar-refractivity contribution in [3.05, 3.63) is 28.8 Å². The second kappa shape index (κ2) is 6.15. The molecule has 0 spiro atoms. The topological polar surface area (TPSA) is 79.2 Å². The van der Waals surface area contributed by atoms with Crippen LogP contribution in [0.15, 0.2) is 18.2 Å². The molecule has 21 heavy (non-hydrogen) atoms. The molecule has 1 aliphatic carbocycles. The van der Waals surface area contributed by atoms with Gasteiger partial charge in [0.1, 0.15) is 5.41 Å². The molecule has 0 atom stereocenters. The van der Waals surface area contributed by atoms with E-state index in [9.17, 15) is 14.9 Å². The van der Waals surface area contributed by atoms with Crippen LogP contribution in [0.3, 0.4) is 0 Å². The van der Waals surface area contributed by atoms with Gasteiger partial charge < -0.3 is 10.1 Å². The van der Waals surface area contributed by atoms with Gasteiger partial charge in [0.2, 0.25) is 5.91 Å². The lowest BCUT2D eigenvalue weighted by atomic mass is 9.87. The summed E-state index contributed by atoms with van der Waals surface area (Å²) < 4.78 is 4.63. The predicted molar refractivity (Wildman–Crippen MR) is 77.9 cm³/mol. The molecule has 1 aromatic rings. The van der Waals surface area contributed by atoms with Crippen LogP contribution in [-0.4, -0.2) is 19.0 Å². The zero-order chi connectivity index (χ0) is 15.5. The Labute approximate surface area is 127 Å². The highest BCUT2D eigenvalue weighted by Gasteiger charge is 2.41. The Morgan fingerprint density at radius 2 is 2.05 bits per heavy atom. The molecule has 1 saturated carbocycles. The van der Waals surface area contributed by atoms with E-state index >= 15 is 0 Å². The number of anilines is 1. The van der Waals surface area contributed by atoms with Gasteiger partial charge in [-0.2, -0.15) is 5.26 Å². The number of hydrogen-bond donors (Lipinski definition) is 1. The first-order valence-electron chi connectivity index (χ1n) is 6.63. The highest BCUT2D eigenvalue weighted by molar-refractivity contribution is 6.33. The van der Waals surface area contributed by atoms with Crippen LogP contribution >= 0.6 is 11.6 Å². The fourth-order valence-electron chi connectivity index (χ4n) is 2.49. The van der Waals surface area contributed by atoms with Crippen LogP contribution in [0.1, 0.15) is 36.0 Å². The number of methoxy groups -OCH3 is 1. The largest absolute Gasteiger partial charge is 0.465 e. The van der Waals surface area contributed by atoms with Crippen molar-refractivity contribution in [3.63, 3.8) is 0 Å². The van der Waals surface area contributed by atoms with E-state index in [-0.39, 0.29) is 16.5 Å². The lowest BCUT2D eigenvalue weighted by molar-refractivity contribution is -0.122. The summed E-state index contributed by atoms with van der Waals surface area (Å²) in [5.41, 5.74) is -0.369. The number of ether oxygens (including phenoxy) is 1. The van der Waals surface area contributed by atoms with Gasteiger partial charge in [0.15, 0.2) is 0 Å². The minimum Gasteiger partial charge on any atom is -0.465 e. The quantitative estimate of drug-likeness (QED) is 0.870. The van der Waals surface area contributed by atoms with Crippen LogP contribution < -0.4 is 5.32 Å². The summed E-state index contributed by atoms with van der Waals surface area (Å²) in [6, 6.07) is 6.68. The SMILES string of the molecule is COC(=O)c1cc(NC(=O)C2(C#N)CCCC2)ccc1Cl. The van der Waals surface area contributed by atoms with Gasteiger partial charge >= 0.3 is 5.97 Å². The summed E-state index contributed by atoms with van der Waals surface area (Å²) in [7, 11) is 1.26. The van der Waals surface area contributed by atoms with E-state index in [0.29, 0.717) is 18.5 Å². The molecule has 1 aromatic carbocycles. The smallest absolute Gasteiger partial charge is 0.339 e. The predicted octanol–water partition coefficient (Wildman–Crippen LogP) is 3.15. The lowest BCUT2D eigenvalue weighted by Gasteiger charge is -2.19. The van der Waals surface area contributed by atoms with Crippen LogP contribution in [-0.2, 0) is 9.53 Å². The number of nitriles is 1. The maximum atomic E-state index is 12.3. The molecule has 0 aliphatic heterocycles. The molecule has 0 aromatic heterocycles. The third-order valence-corrected chi connectivity index (χ3v) is 4.06. The number of esters is 1. The standard InChI is InChI=1S/C15H15ClN2O3/c1-21-13(19)11-8-10(4-5-12(11)16)18-14(20)15(9-17)6-2-3-7-15/h4-5,8H,2-3,6-7H2,1H3,(H,18,20). The molecule has 1 aliphatic rings. The number of halogens is 1. The lowest BCUT2D eigenvalue weighted by Crippen LogP contribution is -2.32. The van der Waals surface area contributed by atoms with Gasteiger partial charge in [0, 0.05) is 5.69 Å². The molecule has 0 heterocycles. The Morgan fingerprint density at radius 3 is 2.62 bits per heavy atom. The minimum absolute atomic E-state index is 0.175. The normalized spacial score (nSPS) is 16.0. The number of amides is 1. The van der Waals surface area contributed by atoms with E-state index in [1.807, 2.05) is 0 Å². The number of hydrogen-bond acceptors (Lipinski definition) is 4. The molecule has 0 radical (unpaired) electrons. The van der Waals surface area contributed by atoms with Crippen LogP contribution in [0.5, 0.6) is 0 Å². The van der Waals surface area contributed by atoms with Crippen LogP contribution in [0.25, 0.3) is 0 Å². The first-order valence-corrected chi connectivity index (χ1v) is 7.01. The molecule has 1 amide bonds. The summed E-state index contributed by atoms with van der Waals surface area (Å²) in [6.07, 6.45) is 2.86. The average molecular weight is 307 g/mol. The van der Waals surface area contributed by atoms with Crippen molar-refractivity contribution >= 4 is 29.2 Å². The summed E-state index contributed by atoms with van der Waals surface area (Å²) in [5.74, 6) is -0.910. The van der Waals surface area contributed by atoms with E-state index in [1.165, 1.54) is 19.2 Å². The van der Waals surface area contributed by atoms with Crippen molar-refractivity contribution in [1.29, 1.82) is 5.26 Å². The van der Waals surface area contributed by atoms with Crippen molar-refractivity contribution < 1.29 is 14.3 Å². The summed E-state index contributed by atoms with van der Waals surface area (Å²) in [4.78, 5) is 23.9. The average Bonchev–Trinajstić information content (AvgIpc) is 2.98. The van der Waals surface area contributed by atoms with E-state index in [1.54, 1.807) is 6.07 Å². The Bertz CT molecular complexity index is 616. The number of benzene rings is 1. The second-order valence-corrected chi connectivity index (χ2v) is 5.45. The molecule has 1 N–H and O–H groups in total. The summed E-state index contributed by atoms with van der Waals surface area (Å²) in [6.45, 7) is 0. The summed E-state index contributed by atoms with van der Waals surface area (Å²) in [5, 5.41) is 12.2. The number of carbonyl (C=O) groups is 2. The number of carbonyl (C=O) groups excluding carboxylic acids is 2. The van der Waals surface area contributed by atoms with Crippen LogP contribution in [0.4, 0.5) is 5.69 Å². The fraction of sp³-hybridized carbons (Fsp3) is 0.400. The first kappa shape index (κ1) is 15.3. The molecule has 0 unspecified atom stereocenters. The van der Waals surface area contributed by atoms with Gasteiger partial charge in [-0.3, -0.25) is 4.79 Å². The molecule has 5 nitrogen and oxygen atoms in total. The molecule has 1 fully saturated rings. The Morgan fingerprint density at radius 1 is 1.38 bits per heavy atom. The second-order valence-electron chi connectivity index (χ2n) is 5.04. The van der Waals surface area contributed by atoms with Crippen molar-refractivity contribution in [2.24, 2.45) is 5.41 Å². The van der Waals surface area contributed by atoms with Crippen LogP contribution in [0, 0.1) is 16.7 Å². The van der Waals surface area contributed by atoms with Gasteiger partial charge in [0.25, 0.3) is 0 Å². The zero-order valence-corrected chi connectivity index (χ0v) is 12.4. The molecule has 0 saturated heterocycles. The Kier molecular flexibility index (Phi) is 4.49. The van der Waals surface area contributed by atoms with Gasteiger partial charge in [-0.1, -0.05) is 24.4 Å². The van der Waals surface area contributed by atoms with Gasteiger partial charge in [-0.05, 0) is 31.0 Å². The molecular weight excluding hydrogens is 292 g/mol. The molecule has 2 rings (SSSR count). The molecule has 110 valence electrons. The van der Waals surface area contributed by atoms with E-state index in [0.717, 1.165) is 12.8 Å². The Balaban J connectivity index is 2.22.